The fourth-order valence-corrected chi connectivity index (χ4v) is 2.59. The van der Waals surface area contributed by atoms with Crippen LogP contribution >= 0.6 is 11.6 Å². The Labute approximate surface area is 125 Å². The van der Waals surface area contributed by atoms with Gasteiger partial charge in [0.25, 0.3) is 0 Å². The summed E-state index contributed by atoms with van der Waals surface area (Å²) in [6, 6.07) is 13.6. The van der Waals surface area contributed by atoms with Crippen molar-refractivity contribution in [2.75, 3.05) is 0 Å². The molecule has 0 N–H and O–H groups in total. The second-order valence-electron chi connectivity index (χ2n) is 5.19. The molecule has 0 aliphatic heterocycles. The van der Waals surface area contributed by atoms with Crippen molar-refractivity contribution in [3.8, 4) is 0 Å². The third-order valence-electron chi connectivity index (χ3n) is 3.59. The quantitative estimate of drug-likeness (QED) is 0.610. The number of rotatable bonds is 5. The summed E-state index contributed by atoms with van der Waals surface area (Å²) in [5.41, 5.74) is 3.43. The Morgan fingerprint density at radius 1 is 1.10 bits per heavy atom. The molecule has 0 fully saturated rings. The molecule has 0 aliphatic carbocycles. The van der Waals surface area contributed by atoms with Gasteiger partial charge < -0.3 is 0 Å². The van der Waals surface area contributed by atoms with Crippen LogP contribution in [-0.4, -0.2) is 0 Å². The van der Waals surface area contributed by atoms with Gasteiger partial charge in [-0.15, -0.1) is 11.6 Å². The van der Waals surface area contributed by atoms with Crippen molar-refractivity contribution in [2.24, 2.45) is 0 Å². The Morgan fingerprint density at radius 2 is 1.80 bits per heavy atom. The Bertz CT molecular complexity index is 560. The number of aryl methyl sites for hydroxylation is 2. The van der Waals surface area contributed by atoms with Gasteiger partial charge in [0.15, 0.2) is 0 Å². The minimum absolute atomic E-state index is 0.206. The van der Waals surface area contributed by atoms with Crippen LogP contribution in [0.3, 0.4) is 0 Å². The molecule has 106 valence electrons. The Kier molecular flexibility index (Phi) is 5.19. The summed E-state index contributed by atoms with van der Waals surface area (Å²) in [5, 5.41) is -0.435. The monoisotopic (exact) mass is 290 g/mol. The van der Waals surface area contributed by atoms with Crippen molar-refractivity contribution < 1.29 is 4.39 Å². The van der Waals surface area contributed by atoms with Crippen molar-refractivity contribution >= 4 is 11.6 Å². The molecule has 0 bridgehead atoms. The summed E-state index contributed by atoms with van der Waals surface area (Å²) in [7, 11) is 0. The van der Waals surface area contributed by atoms with Gasteiger partial charge in [0.2, 0.25) is 0 Å². The van der Waals surface area contributed by atoms with Gasteiger partial charge in [-0.3, -0.25) is 0 Å². The highest BCUT2D eigenvalue weighted by Gasteiger charge is 2.16. The molecule has 2 aromatic rings. The molecule has 0 heterocycles. The van der Waals surface area contributed by atoms with Crippen LogP contribution in [0.2, 0.25) is 0 Å². The lowest BCUT2D eigenvalue weighted by Gasteiger charge is -2.13. The molecule has 1 atom stereocenters. The van der Waals surface area contributed by atoms with E-state index in [2.05, 4.69) is 19.1 Å². The Hall–Kier alpha value is -1.34. The highest BCUT2D eigenvalue weighted by Crippen LogP contribution is 2.31. The lowest BCUT2D eigenvalue weighted by atomic mass is 9.99. The van der Waals surface area contributed by atoms with E-state index in [0.717, 1.165) is 12.0 Å². The van der Waals surface area contributed by atoms with Crippen LogP contribution in [0.15, 0.2) is 42.5 Å². The van der Waals surface area contributed by atoms with Gasteiger partial charge in [0.05, 0.1) is 5.38 Å². The Balaban J connectivity index is 2.20. The van der Waals surface area contributed by atoms with E-state index >= 15 is 0 Å². The lowest BCUT2D eigenvalue weighted by Crippen LogP contribution is -1.99. The van der Waals surface area contributed by atoms with Gasteiger partial charge in [0, 0.05) is 5.56 Å². The maximum atomic E-state index is 14.1. The van der Waals surface area contributed by atoms with E-state index in [4.69, 9.17) is 11.6 Å². The van der Waals surface area contributed by atoms with E-state index in [-0.39, 0.29) is 5.82 Å². The molecule has 0 saturated carbocycles. The van der Waals surface area contributed by atoms with Crippen molar-refractivity contribution in [3.05, 3.63) is 70.5 Å². The molecular weight excluding hydrogens is 271 g/mol. The molecule has 0 nitrogen and oxygen atoms in total. The third kappa shape index (κ3) is 3.40. The average molecular weight is 291 g/mol. The average Bonchev–Trinajstić information content (AvgIpc) is 2.48. The molecule has 0 saturated heterocycles. The highest BCUT2D eigenvalue weighted by atomic mass is 35.5. The first-order valence-electron chi connectivity index (χ1n) is 7.11. The summed E-state index contributed by atoms with van der Waals surface area (Å²) < 4.78 is 14.1. The summed E-state index contributed by atoms with van der Waals surface area (Å²) in [4.78, 5) is 0. The number of halogens is 2. The zero-order valence-electron chi connectivity index (χ0n) is 12.0. The van der Waals surface area contributed by atoms with Crippen molar-refractivity contribution in [2.45, 2.75) is 38.5 Å². The highest BCUT2D eigenvalue weighted by molar-refractivity contribution is 6.22. The standard InChI is InChI=1S/C18H20ClF/c1-3-4-7-14-9-11-15(12-10-14)17(19)16-8-5-6-13(2)18(16)20/h5-6,8-12,17H,3-4,7H2,1-2H3. The molecule has 0 aliphatic rings. The third-order valence-corrected chi connectivity index (χ3v) is 4.07. The predicted molar refractivity (Wildman–Crippen MR) is 83.9 cm³/mol. The molecule has 2 rings (SSSR count). The second-order valence-corrected chi connectivity index (χ2v) is 5.62. The van der Waals surface area contributed by atoms with Gasteiger partial charge in [0.1, 0.15) is 5.82 Å². The molecule has 0 radical (unpaired) electrons. The number of hydrogen-bond acceptors (Lipinski definition) is 0. The van der Waals surface area contributed by atoms with E-state index in [0.29, 0.717) is 11.1 Å². The summed E-state index contributed by atoms with van der Waals surface area (Å²) in [5.74, 6) is -0.206. The van der Waals surface area contributed by atoms with E-state index in [1.54, 1.807) is 19.1 Å². The van der Waals surface area contributed by atoms with Crippen LogP contribution in [0.1, 0.15) is 47.4 Å². The zero-order valence-corrected chi connectivity index (χ0v) is 12.8. The predicted octanol–water partition coefficient (Wildman–Crippen LogP) is 5.80. The molecule has 1 unspecified atom stereocenters. The first kappa shape index (κ1) is 15.1. The van der Waals surface area contributed by atoms with Crippen LogP contribution in [0.4, 0.5) is 4.39 Å². The summed E-state index contributed by atoms with van der Waals surface area (Å²) >= 11 is 6.43. The molecular formula is C18H20ClF. The normalized spacial score (nSPS) is 12.4. The SMILES string of the molecule is CCCCc1ccc(C(Cl)c2cccc(C)c2F)cc1. The topological polar surface area (TPSA) is 0 Å². The molecule has 0 spiro atoms. The van der Waals surface area contributed by atoms with Crippen molar-refractivity contribution in [1.29, 1.82) is 0 Å². The molecule has 2 heteroatoms. The van der Waals surface area contributed by atoms with Crippen molar-refractivity contribution in [3.63, 3.8) is 0 Å². The first-order chi connectivity index (χ1) is 9.63. The second kappa shape index (κ2) is 6.90. The van der Waals surface area contributed by atoms with E-state index in [1.165, 1.54) is 18.4 Å². The van der Waals surface area contributed by atoms with E-state index in [1.807, 2.05) is 18.2 Å². The van der Waals surface area contributed by atoms with Gasteiger partial charge >= 0.3 is 0 Å². The fourth-order valence-electron chi connectivity index (χ4n) is 2.28. The smallest absolute Gasteiger partial charge is 0.131 e. The number of benzene rings is 2. The lowest BCUT2D eigenvalue weighted by molar-refractivity contribution is 0.603. The zero-order chi connectivity index (χ0) is 14.5. The molecule has 0 amide bonds. The van der Waals surface area contributed by atoms with E-state index in [9.17, 15) is 4.39 Å². The molecule has 0 aromatic heterocycles. The number of alkyl halides is 1. The van der Waals surface area contributed by atoms with Gasteiger partial charge in [-0.2, -0.15) is 0 Å². The molecule has 20 heavy (non-hydrogen) atoms. The molecule has 2 aromatic carbocycles. The maximum absolute atomic E-state index is 14.1. The van der Waals surface area contributed by atoms with Crippen LogP contribution in [-0.2, 0) is 6.42 Å². The minimum Gasteiger partial charge on any atom is -0.206 e. The fraction of sp³-hybridized carbons (Fsp3) is 0.333. The van der Waals surface area contributed by atoms with Crippen LogP contribution < -0.4 is 0 Å². The largest absolute Gasteiger partial charge is 0.206 e. The van der Waals surface area contributed by atoms with Crippen LogP contribution in [0.25, 0.3) is 0 Å². The van der Waals surface area contributed by atoms with Gasteiger partial charge in [-0.1, -0.05) is 55.8 Å². The summed E-state index contributed by atoms with van der Waals surface area (Å²) in [6.07, 6.45) is 3.47. The van der Waals surface area contributed by atoms with Crippen molar-refractivity contribution in [1.82, 2.24) is 0 Å². The van der Waals surface area contributed by atoms with E-state index < -0.39 is 5.38 Å². The van der Waals surface area contributed by atoms with Crippen LogP contribution in [0, 0.1) is 12.7 Å². The maximum Gasteiger partial charge on any atom is 0.131 e. The summed E-state index contributed by atoms with van der Waals surface area (Å²) in [6.45, 7) is 3.94. The minimum atomic E-state index is -0.435. The Morgan fingerprint density at radius 3 is 2.45 bits per heavy atom. The van der Waals surface area contributed by atoms with Crippen LogP contribution in [0.5, 0.6) is 0 Å². The van der Waals surface area contributed by atoms with Gasteiger partial charge in [-0.05, 0) is 36.5 Å². The first-order valence-corrected chi connectivity index (χ1v) is 7.55. The van der Waals surface area contributed by atoms with Gasteiger partial charge in [-0.25, -0.2) is 4.39 Å². The number of hydrogen-bond donors (Lipinski definition) is 0. The number of unbranched alkanes of at least 4 members (excludes halogenated alkanes) is 1.